The molecule has 1 aliphatic carbocycles. The van der Waals surface area contributed by atoms with Crippen molar-refractivity contribution >= 4 is 38.7 Å². The van der Waals surface area contributed by atoms with Gasteiger partial charge in [-0.25, -0.2) is 9.97 Å². The molecule has 0 unspecified atom stereocenters. The van der Waals surface area contributed by atoms with Crippen molar-refractivity contribution < 1.29 is 0 Å². The minimum absolute atomic E-state index is 0.456. The summed E-state index contributed by atoms with van der Waals surface area (Å²) in [7, 11) is 0. The zero-order valence-corrected chi connectivity index (χ0v) is 14.0. The van der Waals surface area contributed by atoms with Gasteiger partial charge in [0, 0.05) is 6.04 Å². The maximum atomic E-state index is 6.30. The number of rotatable bonds is 3. The van der Waals surface area contributed by atoms with Crippen LogP contribution in [0.5, 0.6) is 0 Å². The van der Waals surface area contributed by atoms with Crippen molar-refractivity contribution in [2.75, 3.05) is 10.6 Å². The minimum Gasteiger partial charge on any atom is -0.397 e. The highest BCUT2D eigenvalue weighted by Gasteiger charge is 2.28. The second-order valence-electron chi connectivity index (χ2n) is 6.16. The van der Waals surface area contributed by atoms with Crippen LogP contribution in [0.1, 0.15) is 31.2 Å². The fourth-order valence-electron chi connectivity index (χ4n) is 3.53. The van der Waals surface area contributed by atoms with Crippen LogP contribution in [0.3, 0.4) is 0 Å². The lowest BCUT2D eigenvalue weighted by Gasteiger charge is -2.31. The molecular formula is C18H20N4S. The highest BCUT2D eigenvalue weighted by molar-refractivity contribution is 7.17. The summed E-state index contributed by atoms with van der Waals surface area (Å²) in [6.45, 7) is 2.13. The van der Waals surface area contributed by atoms with Crippen LogP contribution in [0.2, 0.25) is 0 Å². The van der Waals surface area contributed by atoms with Gasteiger partial charge in [0.15, 0.2) is 0 Å². The Kier molecular flexibility index (Phi) is 3.65. The first-order chi connectivity index (χ1) is 11.3. The first kappa shape index (κ1) is 14.5. The number of nitrogens with zero attached hydrogens (tertiary/aromatic N) is 3. The number of nitrogen functional groups attached to an aromatic ring is 1. The van der Waals surface area contributed by atoms with Crippen molar-refractivity contribution in [3.05, 3.63) is 41.5 Å². The Bertz CT molecular complexity index is 836. The van der Waals surface area contributed by atoms with E-state index in [9.17, 15) is 0 Å². The third kappa shape index (κ3) is 2.45. The molecule has 2 aromatic heterocycles. The first-order valence-corrected chi connectivity index (χ1v) is 8.96. The highest BCUT2D eigenvalue weighted by Crippen LogP contribution is 2.41. The second kappa shape index (κ2) is 5.81. The molecule has 1 aliphatic rings. The average Bonchev–Trinajstić information content (AvgIpc) is 3.21. The first-order valence-electron chi connectivity index (χ1n) is 8.08. The SMILES string of the molecule is Cc1csc2ncnc(N(c3ccccc3N)C3CCCC3)c12. The number of fused-ring (bicyclic) bond motifs is 1. The van der Waals surface area contributed by atoms with Crippen LogP contribution in [0.4, 0.5) is 17.2 Å². The Hall–Kier alpha value is -2.14. The maximum Gasteiger partial charge on any atom is 0.145 e. The molecule has 0 spiro atoms. The number of hydrogen-bond donors (Lipinski definition) is 1. The van der Waals surface area contributed by atoms with Gasteiger partial charge in [-0.15, -0.1) is 11.3 Å². The topological polar surface area (TPSA) is 55.0 Å². The number of nitrogens with two attached hydrogens (primary N) is 1. The minimum atomic E-state index is 0.456. The standard InChI is InChI=1S/C18H20N4S/c1-12-10-23-18-16(12)17(20-11-21-18)22(13-6-2-3-7-13)15-9-5-4-8-14(15)19/h4-5,8-11,13H,2-3,6-7,19H2,1H3. The largest absolute Gasteiger partial charge is 0.397 e. The number of aryl methyl sites for hydroxylation is 1. The van der Waals surface area contributed by atoms with Gasteiger partial charge in [0.05, 0.1) is 16.8 Å². The molecule has 1 fully saturated rings. The number of anilines is 3. The molecule has 4 rings (SSSR count). The fourth-order valence-corrected chi connectivity index (χ4v) is 4.42. The normalized spacial score (nSPS) is 15.3. The highest BCUT2D eigenvalue weighted by atomic mass is 32.1. The van der Waals surface area contributed by atoms with Crippen LogP contribution < -0.4 is 10.6 Å². The molecule has 5 heteroatoms. The summed E-state index contributed by atoms with van der Waals surface area (Å²) >= 11 is 1.68. The molecule has 1 saturated carbocycles. The van der Waals surface area contributed by atoms with E-state index in [1.165, 1.54) is 31.2 Å². The van der Waals surface area contributed by atoms with Crippen LogP contribution in [0, 0.1) is 6.92 Å². The average molecular weight is 324 g/mol. The molecule has 2 N–H and O–H groups in total. The predicted octanol–water partition coefficient (Wildman–Crippen LogP) is 4.66. The van der Waals surface area contributed by atoms with Gasteiger partial charge in [-0.1, -0.05) is 25.0 Å². The number of thiophene rings is 1. The third-order valence-electron chi connectivity index (χ3n) is 4.65. The molecule has 0 bridgehead atoms. The Morgan fingerprint density at radius 2 is 1.96 bits per heavy atom. The summed E-state index contributed by atoms with van der Waals surface area (Å²) < 4.78 is 0. The van der Waals surface area contributed by atoms with Gasteiger partial charge < -0.3 is 10.6 Å². The zero-order valence-electron chi connectivity index (χ0n) is 13.2. The Morgan fingerprint density at radius 3 is 2.74 bits per heavy atom. The van der Waals surface area contributed by atoms with E-state index in [0.29, 0.717) is 6.04 Å². The molecule has 0 amide bonds. The molecule has 3 aromatic rings. The van der Waals surface area contributed by atoms with E-state index in [-0.39, 0.29) is 0 Å². The number of benzene rings is 1. The van der Waals surface area contributed by atoms with Crippen LogP contribution in [-0.2, 0) is 0 Å². The summed E-state index contributed by atoms with van der Waals surface area (Å²) in [5, 5.41) is 3.32. The van der Waals surface area contributed by atoms with Crippen LogP contribution in [0.25, 0.3) is 10.2 Å². The van der Waals surface area contributed by atoms with Crippen molar-refractivity contribution in [1.82, 2.24) is 9.97 Å². The Morgan fingerprint density at radius 1 is 1.17 bits per heavy atom. The zero-order chi connectivity index (χ0) is 15.8. The van der Waals surface area contributed by atoms with Gasteiger partial charge >= 0.3 is 0 Å². The van der Waals surface area contributed by atoms with Crippen LogP contribution in [-0.4, -0.2) is 16.0 Å². The summed E-state index contributed by atoms with van der Waals surface area (Å²) in [4.78, 5) is 12.5. The number of hydrogen-bond acceptors (Lipinski definition) is 5. The second-order valence-corrected chi connectivity index (χ2v) is 7.02. The van der Waals surface area contributed by atoms with Crippen LogP contribution >= 0.6 is 11.3 Å². The number of aromatic nitrogens is 2. The Labute approximate surface area is 140 Å². The van der Waals surface area contributed by atoms with E-state index in [1.807, 2.05) is 18.2 Å². The summed E-state index contributed by atoms with van der Waals surface area (Å²) in [5.41, 5.74) is 9.40. The molecule has 4 nitrogen and oxygen atoms in total. The van der Waals surface area contributed by atoms with Crippen molar-refractivity contribution in [2.45, 2.75) is 38.6 Å². The lowest BCUT2D eigenvalue weighted by atomic mass is 10.1. The summed E-state index contributed by atoms with van der Waals surface area (Å²) in [5.74, 6) is 0.999. The maximum absolute atomic E-state index is 6.30. The molecule has 1 aromatic carbocycles. The van der Waals surface area contributed by atoms with Crippen molar-refractivity contribution in [2.24, 2.45) is 0 Å². The predicted molar refractivity (Wildman–Crippen MR) is 97.4 cm³/mol. The monoisotopic (exact) mass is 324 g/mol. The van der Waals surface area contributed by atoms with E-state index >= 15 is 0 Å². The van der Waals surface area contributed by atoms with E-state index in [2.05, 4.69) is 33.2 Å². The van der Waals surface area contributed by atoms with Gasteiger partial charge in [0.1, 0.15) is 17.0 Å². The van der Waals surface area contributed by atoms with Gasteiger partial charge in [-0.05, 0) is 42.8 Å². The van der Waals surface area contributed by atoms with Gasteiger partial charge in [0.2, 0.25) is 0 Å². The third-order valence-corrected chi connectivity index (χ3v) is 5.65. The van der Waals surface area contributed by atoms with Crippen molar-refractivity contribution in [1.29, 1.82) is 0 Å². The number of para-hydroxylation sites is 2. The smallest absolute Gasteiger partial charge is 0.145 e. The quantitative estimate of drug-likeness (QED) is 0.712. The molecule has 2 heterocycles. The lowest BCUT2D eigenvalue weighted by Crippen LogP contribution is -2.30. The summed E-state index contributed by atoms with van der Waals surface area (Å²) in [6.07, 6.45) is 6.58. The molecule has 0 saturated heterocycles. The van der Waals surface area contributed by atoms with E-state index in [1.54, 1.807) is 17.7 Å². The van der Waals surface area contributed by atoms with Gasteiger partial charge in [-0.3, -0.25) is 0 Å². The van der Waals surface area contributed by atoms with E-state index in [4.69, 9.17) is 5.73 Å². The molecule has 118 valence electrons. The molecule has 0 radical (unpaired) electrons. The lowest BCUT2D eigenvalue weighted by molar-refractivity contribution is 0.673. The van der Waals surface area contributed by atoms with Gasteiger partial charge in [-0.2, -0.15) is 0 Å². The van der Waals surface area contributed by atoms with Crippen LogP contribution in [0.15, 0.2) is 36.0 Å². The van der Waals surface area contributed by atoms with E-state index < -0.39 is 0 Å². The molecule has 23 heavy (non-hydrogen) atoms. The van der Waals surface area contributed by atoms with Gasteiger partial charge in [0.25, 0.3) is 0 Å². The fraction of sp³-hybridized carbons (Fsp3) is 0.333. The van der Waals surface area contributed by atoms with E-state index in [0.717, 1.165) is 27.4 Å². The summed E-state index contributed by atoms with van der Waals surface area (Å²) in [6, 6.07) is 8.56. The molecular weight excluding hydrogens is 304 g/mol. The molecule has 0 aliphatic heterocycles. The van der Waals surface area contributed by atoms with Crippen molar-refractivity contribution in [3.63, 3.8) is 0 Å². The molecule has 0 atom stereocenters. The Balaban J connectivity index is 1.94. The van der Waals surface area contributed by atoms with Crippen molar-refractivity contribution in [3.8, 4) is 0 Å².